The van der Waals surface area contributed by atoms with Crippen LogP contribution in [0, 0.1) is 0 Å². The fourth-order valence-electron chi connectivity index (χ4n) is 2.12. The largest absolute Gasteiger partial charge is 0.381 e. The fraction of sp³-hybridized carbons (Fsp3) is 0.929. The van der Waals surface area contributed by atoms with Crippen molar-refractivity contribution in [1.29, 1.82) is 0 Å². The van der Waals surface area contributed by atoms with Crippen LogP contribution in [0.2, 0.25) is 0 Å². The van der Waals surface area contributed by atoms with Gasteiger partial charge in [-0.15, -0.1) is 0 Å². The number of carbonyl (C=O) groups excluding carboxylic acids is 1. The van der Waals surface area contributed by atoms with Crippen molar-refractivity contribution in [2.24, 2.45) is 5.73 Å². The molecule has 1 saturated heterocycles. The second-order valence-electron chi connectivity index (χ2n) is 5.28. The second-order valence-corrected chi connectivity index (χ2v) is 5.28. The monoisotopic (exact) mass is 271 g/mol. The number of hydrogen-bond acceptors (Lipinski definition) is 4. The van der Waals surface area contributed by atoms with Gasteiger partial charge in [0.25, 0.3) is 0 Å². The van der Waals surface area contributed by atoms with E-state index < -0.39 is 0 Å². The van der Waals surface area contributed by atoms with Crippen LogP contribution in [0.25, 0.3) is 0 Å². The van der Waals surface area contributed by atoms with Gasteiger partial charge >= 0.3 is 0 Å². The third-order valence-electron chi connectivity index (χ3n) is 3.43. The second kappa shape index (κ2) is 10.2. The molecule has 1 aliphatic rings. The van der Waals surface area contributed by atoms with Crippen molar-refractivity contribution >= 4 is 5.91 Å². The highest BCUT2D eigenvalue weighted by molar-refractivity contribution is 5.77. The van der Waals surface area contributed by atoms with Gasteiger partial charge in [-0.25, -0.2) is 0 Å². The standard InChI is InChI=1S/C14H29N3O2/c1-2-3-10-19-11-4-7-16-14(18)12-17-8-5-13(15)6-9-17/h13H,2-12,15H2,1H3,(H,16,18). The van der Waals surface area contributed by atoms with Crippen LogP contribution in [0.15, 0.2) is 0 Å². The molecule has 0 aromatic heterocycles. The molecule has 0 aliphatic carbocycles. The van der Waals surface area contributed by atoms with E-state index in [2.05, 4.69) is 17.1 Å². The van der Waals surface area contributed by atoms with E-state index in [0.29, 0.717) is 19.1 Å². The van der Waals surface area contributed by atoms with E-state index >= 15 is 0 Å². The minimum Gasteiger partial charge on any atom is -0.381 e. The summed E-state index contributed by atoms with van der Waals surface area (Å²) in [5, 5.41) is 2.94. The maximum Gasteiger partial charge on any atom is 0.234 e. The topological polar surface area (TPSA) is 67.6 Å². The first-order valence-corrected chi connectivity index (χ1v) is 7.54. The quantitative estimate of drug-likeness (QED) is 0.607. The van der Waals surface area contributed by atoms with E-state index in [4.69, 9.17) is 10.5 Å². The molecule has 0 radical (unpaired) electrons. The molecule has 5 nitrogen and oxygen atoms in total. The van der Waals surface area contributed by atoms with Crippen molar-refractivity contribution in [3.63, 3.8) is 0 Å². The molecule has 5 heteroatoms. The first-order valence-electron chi connectivity index (χ1n) is 7.54. The number of rotatable bonds is 9. The molecule has 1 fully saturated rings. The molecule has 0 spiro atoms. The van der Waals surface area contributed by atoms with Gasteiger partial charge in [0.2, 0.25) is 5.91 Å². The number of nitrogens with zero attached hydrogens (tertiary/aromatic N) is 1. The first-order chi connectivity index (χ1) is 9.22. The Morgan fingerprint density at radius 2 is 2.00 bits per heavy atom. The van der Waals surface area contributed by atoms with E-state index in [9.17, 15) is 4.79 Å². The van der Waals surface area contributed by atoms with Crippen molar-refractivity contribution in [3.05, 3.63) is 0 Å². The average molecular weight is 271 g/mol. The lowest BCUT2D eigenvalue weighted by molar-refractivity contribution is -0.122. The van der Waals surface area contributed by atoms with Gasteiger partial charge in [-0.05, 0) is 25.7 Å². The van der Waals surface area contributed by atoms with E-state index in [-0.39, 0.29) is 5.91 Å². The van der Waals surface area contributed by atoms with Gasteiger partial charge in [0.1, 0.15) is 0 Å². The summed E-state index contributed by atoms with van der Waals surface area (Å²) in [7, 11) is 0. The molecule has 112 valence electrons. The average Bonchev–Trinajstić information content (AvgIpc) is 2.40. The van der Waals surface area contributed by atoms with Gasteiger partial charge in [0.15, 0.2) is 0 Å². The van der Waals surface area contributed by atoms with E-state index in [0.717, 1.165) is 58.4 Å². The Hall–Kier alpha value is -0.650. The van der Waals surface area contributed by atoms with E-state index in [1.54, 1.807) is 0 Å². The number of nitrogens with two attached hydrogens (primary N) is 1. The van der Waals surface area contributed by atoms with Crippen LogP contribution in [-0.2, 0) is 9.53 Å². The molecule has 0 aromatic carbocycles. The van der Waals surface area contributed by atoms with Crippen LogP contribution in [0.4, 0.5) is 0 Å². The smallest absolute Gasteiger partial charge is 0.234 e. The van der Waals surface area contributed by atoms with E-state index in [1.165, 1.54) is 0 Å². The molecule has 1 rings (SSSR count). The third-order valence-corrected chi connectivity index (χ3v) is 3.43. The summed E-state index contributed by atoms with van der Waals surface area (Å²) < 4.78 is 5.44. The van der Waals surface area contributed by atoms with Crippen LogP contribution in [0.3, 0.4) is 0 Å². The number of unbranched alkanes of at least 4 members (excludes halogenated alkanes) is 1. The normalized spacial score (nSPS) is 17.6. The number of carbonyl (C=O) groups is 1. The summed E-state index contributed by atoms with van der Waals surface area (Å²) in [6.07, 6.45) is 5.16. The zero-order valence-electron chi connectivity index (χ0n) is 12.2. The minimum atomic E-state index is 0.115. The molecule has 1 amide bonds. The van der Waals surface area contributed by atoms with Crippen molar-refractivity contribution in [2.75, 3.05) is 39.4 Å². The van der Waals surface area contributed by atoms with Crippen LogP contribution >= 0.6 is 0 Å². The van der Waals surface area contributed by atoms with Crippen LogP contribution < -0.4 is 11.1 Å². The summed E-state index contributed by atoms with van der Waals surface area (Å²) >= 11 is 0. The molecule has 0 aromatic rings. The van der Waals surface area contributed by atoms with Crippen LogP contribution in [0.1, 0.15) is 39.0 Å². The van der Waals surface area contributed by atoms with Gasteiger partial charge in [0.05, 0.1) is 6.54 Å². The number of piperidine rings is 1. The molecule has 0 unspecified atom stereocenters. The summed E-state index contributed by atoms with van der Waals surface area (Å²) in [5.74, 6) is 0.115. The van der Waals surface area contributed by atoms with Crippen molar-refractivity contribution in [2.45, 2.75) is 45.1 Å². The lowest BCUT2D eigenvalue weighted by atomic mass is 10.1. The summed E-state index contributed by atoms with van der Waals surface area (Å²) in [4.78, 5) is 13.9. The molecular formula is C14H29N3O2. The third kappa shape index (κ3) is 8.18. The highest BCUT2D eigenvalue weighted by Crippen LogP contribution is 2.07. The molecule has 0 bridgehead atoms. The highest BCUT2D eigenvalue weighted by Gasteiger charge is 2.17. The Bertz CT molecular complexity index is 241. The van der Waals surface area contributed by atoms with E-state index in [1.807, 2.05) is 0 Å². The van der Waals surface area contributed by atoms with Gasteiger partial charge in [0, 0.05) is 38.9 Å². The molecule has 1 aliphatic heterocycles. The molecule has 3 N–H and O–H groups in total. The lowest BCUT2D eigenvalue weighted by Crippen LogP contribution is -2.44. The van der Waals surface area contributed by atoms with Gasteiger partial charge in [-0.2, -0.15) is 0 Å². The Labute approximate surface area is 116 Å². The van der Waals surface area contributed by atoms with Gasteiger partial charge in [-0.3, -0.25) is 9.69 Å². The molecule has 1 heterocycles. The van der Waals surface area contributed by atoms with Crippen molar-refractivity contribution in [3.8, 4) is 0 Å². The van der Waals surface area contributed by atoms with Crippen LogP contribution in [-0.4, -0.2) is 56.2 Å². The highest BCUT2D eigenvalue weighted by atomic mass is 16.5. The SMILES string of the molecule is CCCCOCCCNC(=O)CN1CCC(N)CC1. The molecule has 19 heavy (non-hydrogen) atoms. The van der Waals surface area contributed by atoms with Crippen molar-refractivity contribution in [1.82, 2.24) is 10.2 Å². The maximum absolute atomic E-state index is 11.7. The predicted molar refractivity (Wildman–Crippen MR) is 77.0 cm³/mol. The lowest BCUT2D eigenvalue weighted by Gasteiger charge is -2.29. The Morgan fingerprint density at radius 1 is 1.32 bits per heavy atom. The first kappa shape index (κ1) is 16.4. The minimum absolute atomic E-state index is 0.115. The fourth-order valence-corrected chi connectivity index (χ4v) is 2.12. The zero-order chi connectivity index (χ0) is 13.9. The number of ether oxygens (including phenoxy) is 1. The molecule has 0 saturated carbocycles. The van der Waals surface area contributed by atoms with Gasteiger partial charge in [-0.1, -0.05) is 13.3 Å². The predicted octanol–water partition coefficient (Wildman–Crippen LogP) is 0.733. The number of hydrogen-bond donors (Lipinski definition) is 2. The van der Waals surface area contributed by atoms with Crippen LogP contribution in [0.5, 0.6) is 0 Å². The molecule has 0 atom stereocenters. The summed E-state index contributed by atoms with van der Waals surface area (Å²) in [6.45, 7) is 6.81. The Balaban J connectivity index is 1.93. The Morgan fingerprint density at radius 3 is 2.68 bits per heavy atom. The zero-order valence-corrected chi connectivity index (χ0v) is 12.2. The maximum atomic E-state index is 11.7. The number of nitrogens with one attached hydrogen (secondary N) is 1. The summed E-state index contributed by atoms with van der Waals surface area (Å²) in [6, 6.07) is 0.319. The van der Waals surface area contributed by atoms with Crippen molar-refractivity contribution < 1.29 is 9.53 Å². The molecular weight excluding hydrogens is 242 g/mol. The number of amides is 1. The Kier molecular flexibility index (Phi) is 8.79. The summed E-state index contributed by atoms with van der Waals surface area (Å²) in [5.41, 5.74) is 5.83. The van der Waals surface area contributed by atoms with Gasteiger partial charge < -0.3 is 15.8 Å². The number of likely N-dealkylation sites (tertiary alicyclic amines) is 1.